The summed E-state index contributed by atoms with van der Waals surface area (Å²) in [7, 11) is 0. The normalized spacial score (nSPS) is 18.6. The number of benzene rings is 1. The molecule has 1 aliphatic heterocycles. The Morgan fingerprint density at radius 2 is 1.96 bits per heavy atom. The summed E-state index contributed by atoms with van der Waals surface area (Å²) in [4.78, 5) is 12.5. The molecule has 0 spiro atoms. The van der Waals surface area contributed by atoms with E-state index in [2.05, 4.69) is 56.6 Å². The molecule has 1 atom stereocenters. The highest BCUT2D eigenvalue weighted by atomic mass is 32.1. The van der Waals surface area contributed by atoms with Gasteiger partial charge in [0.2, 0.25) is 0 Å². The van der Waals surface area contributed by atoms with E-state index in [0.29, 0.717) is 6.04 Å². The molecule has 0 bridgehead atoms. The zero-order valence-electron chi connectivity index (χ0n) is 13.4. The van der Waals surface area contributed by atoms with E-state index in [0.717, 1.165) is 26.2 Å². The number of aromatic nitrogens is 2. The first-order chi connectivity index (χ1) is 11.9. The maximum Gasteiger partial charge on any atom is 0.107 e. The highest BCUT2D eigenvalue weighted by Gasteiger charge is 2.24. The molecule has 0 aliphatic carbocycles. The van der Waals surface area contributed by atoms with Gasteiger partial charge in [-0.1, -0.05) is 30.3 Å². The highest BCUT2D eigenvalue weighted by molar-refractivity contribution is 7.15. The van der Waals surface area contributed by atoms with Crippen LogP contribution in [0.2, 0.25) is 0 Å². The van der Waals surface area contributed by atoms with Gasteiger partial charge >= 0.3 is 0 Å². The minimum absolute atomic E-state index is 0.380. The fourth-order valence-electron chi connectivity index (χ4n) is 3.14. The van der Waals surface area contributed by atoms with Crippen LogP contribution in [0.3, 0.4) is 0 Å². The van der Waals surface area contributed by atoms with E-state index in [1.807, 2.05) is 24.7 Å². The molecule has 1 aromatic carbocycles. The maximum absolute atomic E-state index is 4.66. The number of thiazole rings is 1. The summed E-state index contributed by atoms with van der Waals surface area (Å²) < 4.78 is 0. The number of piperazine rings is 1. The summed E-state index contributed by atoms with van der Waals surface area (Å²) in [6.45, 7) is 3.93. The molecule has 0 saturated carbocycles. The van der Waals surface area contributed by atoms with E-state index < -0.39 is 0 Å². The van der Waals surface area contributed by atoms with E-state index in [9.17, 15) is 0 Å². The van der Waals surface area contributed by atoms with Gasteiger partial charge in [0.1, 0.15) is 5.01 Å². The summed E-state index contributed by atoms with van der Waals surface area (Å²) in [5.41, 5.74) is 2.56. The van der Waals surface area contributed by atoms with Gasteiger partial charge in [0.25, 0.3) is 0 Å². The summed E-state index contributed by atoms with van der Waals surface area (Å²) in [6.07, 6.45) is 5.75. The third kappa shape index (κ3) is 3.38. The Labute approximate surface area is 146 Å². The SMILES string of the molecule is c1ccc(-c2cnc(CN3CCNCC3c3ccncc3)s2)cc1. The van der Waals surface area contributed by atoms with Crippen molar-refractivity contribution in [2.24, 2.45) is 0 Å². The van der Waals surface area contributed by atoms with Crippen LogP contribution in [0.15, 0.2) is 61.1 Å². The van der Waals surface area contributed by atoms with Crippen molar-refractivity contribution < 1.29 is 0 Å². The molecule has 1 N–H and O–H groups in total. The molecule has 1 fully saturated rings. The number of rotatable bonds is 4. The second kappa shape index (κ2) is 7.21. The van der Waals surface area contributed by atoms with Crippen LogP contribution >= 0.6 is 11.3 Å². The molecule has 0 radical (unpaired) electrons. The predicted octanol–water partition coefficient (Wildman–Crippen LogP) is 3.35. The molecule has 4 nitrogen and oxygen atoms in total. The molecule has 122 valence electrons. The van der Waals surface area contributed by atoms with Crippen molar-refractivity contribution in [1.82, 2.24) is 20.2 Å². The predicted molar refractivity (Wildman–Crippen MR) is 97.8 cm³/mol. The van der Waals surface area contributed by atoms with Gasteiger partial charge in [0.05, 0.1) is 11.4 Å². The Morgan fingerprint density at radius 1 is 1.12 bits per heavy atom. The fraction of sp³-hybridized carbons (Fsp3) is 0.263. The molecule has 3 heterocycles. The molecule has 2 aromatic heterocycles. The molecule has 24 heavy (non-hydrogen) atoms. The molecule has 0 amide bonds. The van der Waals surface area contributed by atoms with E-state index in [1.54, 1.807) is 11.3 Å². The van der Waals surface area contributed by atoms with Crippen molar-refractivity contribution in [2.75, 3.05) is 19.6 Å². The Kier molecular flexibility index (Phi) is 4.64. The minimum atomic E-state index is 0.380. The number of nitrogens with zero attached hydrogens (tertiary/aromatic N) is 3. The Balaban J connectivity index is 1.52. The Bertz CT molecular complexity index is 772. The largest absolute Gasteiger partial charge is 0.314 e. The first kappa shape index (κ1) is 15.4. The summed E-state index contributed by atoms with van der Waals surface area (Å²) in [5, 5.41) is 4.68. The molecule has 3 aromatic rings. The van der Waals surface area contributed by atoms with Crippen molar-refractivity contribution in [1.29, 1.82) is 0 Å². The Hall–Kier alpha value is -2.08. The third-order valence-corrected chi connectivity index (χ3v) is 5.43. The van der Waals surface area contributed by atoms with E-state index in [4.69, 9.17) is 0 Å². The van der Waals surface area contributed by atoms with Crippen molar-refractivity contribution in [2.45, 2.75) is 12.6 Å². The molecule has 5 heteroatoms. The average Bonchev–Trinajstić information content (AvgIpc) is 3.12. The van der Waals surface area contributed by atoms with E-state index in [1.165, 1.54) is 21.0 Å². The van der Waals surface area contributed by atoms with Crippen LogP contribution in [-0.4, -0.2) is 34.5 Å². The summed E-state index contributed by atoms with van der Waals surface area (Å²) in [6, 6.07) is 15.1. The fourth-order valence-corrected chi connectivity index (χ4v) is 4.09. The van der Waals surface area contributed by atoms with Crippen molar-refractivity contribution in [3.8, 4) is 10.4 Å². The molecule has 1 saturated heterocycles. The zero-order valence-corrected chi connectivity index (χ0v) is 14.2. The van der Waals surface area contributed by atoms with Gasteiger partial charge in [-0.3, -0.25) is 9.88 Å². The smallest absolute Gasteiger partial charge is 0.107 e. The third-order valence-electron chi connectivity index (χ3n) is 4.40. The Morgan fingerprint density at radius 3 is 2.79 bits per heavy atom. The van der Waals surface area contributed by atoms with Crippen molar-refractivity contribution in [3.05, 3.63) is 71.6 Å². The van der Waals surface area contributed by atoms with Crippen LogP contribution < -0.4 is 5.32 Å². The van der Waals surface area contributed by atoms with Gasteiger partial charge in [0.15, 0.2) is 0 Å². The van der Waals surface area contributed by atoms with Gasteiger partial charge in [-0.2, -0.15) is 0 Å². The first-order valence-corrected chi connectivity index (χ1v) is 9.06. The second-order valence-corrected chi connectivity index (χ2v) is 7.07. The minimum Gasteiger partial charge on any atom is -0.314 e. The van der Waals surface area contributed by atoms with Crippen molar-refractivity contribution >= 4 is 11.3 Å². The van der Waals surface area contributed by atoms with Crippen LogP contribution in [-0.2, 0) is 6.54 Å². The van der Waals surface area contributed by atoms with Gasteiger partial charge in [-0.25, -0.2) is 4.98 Å². The van der Waals surface area contributed by atoms with Gasteiger partial charge in [-0.15, -0.1) is 11.3 Å². The number of hydrogen-bond acceptors (Lipinski definition) is 5. The lowest BCUT2D eigenvalue weighted by Gasteiger charge is -2.35. The molecule has 1 aliphatic rings. The molecule has 4 rings (SSSR count). The molecular formula is C19H20N4S. The lowest BCUT2D eigenvalue weighted by atomic mass is 10.0. The van der Waals surface area contributed by atoms with Crippen LogP contribution in [0.1, 0.15) is 16.6 Å². The van der Waals surface area contributed by atoms with Gasteiger partial charge in [0, 0.05) is 44.3 Å². The molecule has 1 unspecified atom stereocenters. The lowest BCUT2D eigenvalue weighted by Crippen LogP contribution is -2.45. The van der Waals surface area contributed by atoms with Gasteiger partial charge in [-0.05, 0) is 23.3 Å². The second-order valence-electron chi connectivity index (χ2n) is 5.96. The van der Waals surface area contributed by atoms with Gasteiger partial charge < -0.3 is 5.32 Å². The van der Waals surface area contributed by atoms with E-state index >= 15 is 0 Å². The van der Waals surface area contributed by atoms with Crippen LogP contribution in [0.5, 0.6) is 0 Å². The quantitative estimate of drug-likeness (QED) is 0.793. The lowest BCUT2D eigenvalue weighted by molar-refractivity contribution is 0.153. The standard InChI is InChI=1S/C19H20N4S/c1-2-4-16(5-3-1)18-13-22-19(24-18)14-23-11-10-21-12-17(23)15-6-8-20-9-7-15/h1-9,13,17,21H,10-12,14H2. The van der Waals surface area contributed by atoms with Crippen LogP contribution in [0, 0.1) is 0 Å². The summed E-state index contributed by atoms with van der Waals surface area (Å²) in [5.74, 6) is 0. The first-order valence-electron chi connectivity index (χ1n) is 8.25. The maximum atomic E-state index is 4.66. The highest BCUT2D eigenvalue weighted by Crippen LogP contribution is 2.29. The summed E-state index contributed by atoms with van der Waals surface area (Å²) >= 11 is 1.79. The van der Waals surface area contributed by atoms with Crippen molar-refractivity contribution in [3.63, 3.8) is 0 Å². The number of nitrogens with one attached hydrogen (secondary N) is 1. The van der Waals surface area contributed by atoms with Crippen LogP contribution in [0.25, 0.3) is 10.4 Å². The number of pyridine rings is 1. The average molecular weight is 336 g/mol. The van der Waals surface area contributed by atoms with E-state index in [-0.39, 0.29) is 0 Å². The number of hydrogen-bond donors (Lipinski definition) is 1. The monoisotopic (exact) mass is 336 g/mol. The zero-order chi connectivity index (χ0) is 16.2. The molecular weight excluding hydrogens is 316 g/mol. The topological polar surface area (TPSA) is 41.1 Å². The van der Waals surface area contributed by atoms with Crippen LogP contribution in [0.4, 0.5) is 0 Å².